The summed E-state index contributed by atoms with van der Waals surface area (Å²) >= 11 is 0. The number of Topliss-reactive ketones (excluding diaryl/α,β-unsaturated/α-hetero) is 1. The molecule has 2 saturated heterocycles. The molecule has 2 atom stereocenters. The number of imidazole rings is 1. The van der Waals surface area contributed by atoms with Crippen LogP contribution in [-0.4, -0.2) is 131 Å². The number of aliphatic hydroxyl groups excluding tert-OH is 1. The SMILES string of the molecule is Cc1cc(C(=O)CC2CCC(CN3CCN(Cc4ccc5c(c4)n(C)c(=O)n5C4CCC(=O)N(C)C4O)CC3)CC2)cc(C)c1C1=CCN(Cc2cc3c(-c4ccc(NC(=O)OC(C)(C)C)nc4)ccnc3n2C)CC1. The number of anilines is 1. The average Bonchev–Trinajstić information content (AvgIpc) is 3.84. The molecule has 6 aromatic rings. The van der Waals surface area contributed by atoms with E-state index in [1.165, 1.54) is 45.7 Å². The van der Waals surface area contributed by atoms with E-state index in [1.807, 2.05) is 45.2 Å². The third kappa shape index (κ3) is 11.3. The number of piperidine rings is 1. The van der Waals surface area contributed by atoms with E-state index in [2.05, 4.69) is 86.9 Å². The van der Waals surface area contributed by atoms with Crippen molar-refractivity contribution in [1.29, 1.82) is 0 Å². The molecule has 402 valence electrons. The van der Waals surface area contributed by atoms with Crippen molar-refractivity contribution < 1.29 is 24.2 Å². The van der Waals surface area contributed by atoms with E-state index in [4.69, 9.17) is 9.72 Å². The van der Waals surface area contributed by atoms with Gasteiger partial charge in [0.2, 0.25) is 5.91 Å². The molecule has 76 heavy (non-hydrogen) atoms. The first kappa shape index (κ1) is 53.0. The number of amides is 2. The van der Waals surface area contributed by atoms with Gasteiger partial charge in [0.25, 0.3) is 0 Å². The number of carbonyl (C=O) groups is 3. The van der Waals surface area contributed by atoms with Crippen molar-refractivity contribution in [3.8, 4) is 11.1 Å². The third-order valence-electron chi connectivity index (χ3n) is 16.7. The van der Waals surface area contributed by atoms with Crippen LogP contribution in [0.25, 0.3) is 38.8 Å². The van der Waals surface area contributed by atoms with Crippen LogP contribution in [0, 0.1) is 25.7 Å². The standard InChI is InChI=1S/C60H76N10O6/c1-38-29-45(30-39(2)55(38)43-20-23-67(24-21-43)37-46-33-48-47(19-22-61-56(48)64(46)6)44-14-17-53(62-34-44)63-58(74)76-60(3,4)5)52(71)32-40-9-11-41(12-10-40)35-68-25-27-69(28-26-68)36-42-13-15-49-51(31-42)65(7)59(75)70(49)50-16-18-54(72)66(8)57(50)73/h13-15,17,19-20,22,29-31,33-34,40-41,50,57,73H,9-12,16,18,21,23-28,32,35-37H2,1-8H3,(H,62,63,74). The number of rotatable bonds is 13. The van der Waals surface area contributed by atoms with Crippen molar-refractivity contribution in [2.75, 3.05) is 58.2 Å². The lowest BCUT2D eigenvalue weighted by Gasteiger charge is -2.38. The minimum Gasteiger partial charge on any atom is -0.444 e. The number of aryl methyl sites for hydroxylation is 4. The number of hydrogen-bond donors (Lipinski definition) is 2. The van der Waals surface area contributed by atoms with Gasteiger partial charge in [-0.3, -0.25) is 33.8 Å². The molecule has 16 heteroatoms. The zero-order chi connectivity index (χ0) is 53.6. The highest BCUT2D eigenvalue weighted by molar-refractivity contribution is 5.97. The molecule has 16 nitrogen and oxygen atoms in total. The van der Waals surface area contributed by atoms with Gasteiger partial charge in [0, 0.05) is 127 Å². The summed E-state index contributed by atoms with van der Waals surface area (Å²) in [6, 6.07) is 18.0. The predicted octanol–water partition coefficient (Wildman–Crippen LogP) is 8.85. The molecule has 0 radical (unpaired) electrons. The Hall–Kier alpha value is -6.46. The van der Waals surface area contributed by atoms with E-state index in [9.17, 15) is 24.3 Å². The molecule has 2 N–H and O–H groups in total. The van der Waals surface area contributed by atoms with Crippen LogP contribution in [0.1, 0.15) is 116 Å². The van der Waals surface area contributed by atoms with E-state index in [-0.39, 0.29) is 17.4 Å². The van der Waals surface area contributed by atoms with Crippen molar-refractivity contribution in [3.63, 3.8) is 0 Å². The maximum Gasteiger partial charge on any atom is 0.413 e. The molecule has 0 spiro atoms. The summed E-state index contributed by atoms with van der Waals surface area (Å²) in [5.74, 6) is 1.68. The fourth-order valence-electron chi connectivity index (χ4n) is 12.5. The Kier molecular flexibility index (Phi) is 15.2. The van der Waals surface area contributed by atoms with Gasteiger partial charge in [0.15, 0.2) is 5.78 Å². The van der Waals surface area contributed by atoms with Gasteiger partial charge in [-0.2, -0.15) is 0 Å². The number of benzene rings is 2. The Morgan fingerprint density at radius 3 is 2.18 bits per heavy atom. The van der Waals surface area contributed by atoms with Gasteiger partial charge >= 0.3 is 11.8 Å². The molecule has 2 aromatic carbocycles. The lowest BCUT2D eigenvalue weighted by atomic mass is 9.78. The van der Waals surface area contributed by atoms with Crippen molar-refractivity contribution >= 4 is 51.2 Å². The van der Waals surface area contributed by atoms with Crippen LogP contribution >= 0.6 is 0 Å². The number of piperazine rings is 1. The molecule has 1 aliphatic carbocycles. The summed E-state index contributed by atoms with van der Waals surface area (Å²) in [5, 5.41) is 14.6. The second kappa shape index (κ2) is 21.9. The van der Waals surface area contributed by atoms with Crippen LogP contribution < -0.4 is 11.0 Å². The second-order valence-electron chi connectivity index (χ2n) is 23.2. The molecule has 10 rings (SSSR count). The third-order valence-corrected chi connectivity index (χ3v) is 16.7. The summed E-state index contributed by atoms with van der Waals surface area (Å²) in [5.41, 5.74) is 11.9. The van der Waals surface area contributed by atoms with Crippen LogP contribution in [0.3, 0.4) is 0 Å². The van der Waals surface area contributed by atoms with E-state index >= 15 is 0 Å². The van der Waals surface area contributed by atoms with Crippen LogP contribution in [0.2, 0.25) is 0 Å². The highest BCUT2D eigenvalue weighted by Gasteiger charge is 2.36. The van der Waals surface area contributed by atoms with Gasteiger partial charge < -0.3 is 24.2 Å². The minimum absolute atomic E-state index is 0.107. The van der Waals surface area contributed by atoms with Crippen molar-refractivity contribution in [3.05, 3.63) is 117 Å². The molecule has 3 aliphatic heterocycles. The van der Waals surface area contributed by atoms with Crippen LogP contribution in [0.4, 0.5) is 10.6 Å². The first-order valence-corrected chi connectivity index (χ1v) is 27.4. The Labute approximate surface area is 446 Å². The molecule has 2 unspecified atom stereocenters. The van der Waals surface area contributed by atoms with Gasteiger partial charge in [-0.15, -0.1) is 0 Å². The molecule has 3 fully saturated rings. The van der Waals surface area contributed by atoms with E-state index in [1.54, 1.807) is 35.5 Å². The highest BCUT2D eigenvalue weighted by atomic mass is 16.6. The molecule has 1 saturated carbocycles. The molecule has 4 aliphatic rings. The Balaban J connectivity index is 0.676. The van der Waals surface area contributed by atoms with Gasteiger partial charge in [0.05, 0.1) is 17.1 Å². The molecular weight excluding hydrogens is 957 g/mol. The summed E-state index contributed by atoms with van der Waals surface area (Å²) < 4.78 is 10.9. The monoisotopic (exact) mass is 1030 g/mol. The number of likely N-dealkylation sites (N-methyl/N-ethyl adjacent to an activating group) is 1. The predicted molar refractivity (Wildman–Crippen MR) is 298 cm³/mol. The summed E-state index contributed by atoms with van der Waals surface area (Å²) in [6.45, 7) is 18.3. The number of aromatic nitrogens is 5. The number of pyridine rings is 2. The summed E-state index contributed by atoms with van der Waals surface area (Å²) in [4.78, 5) is 69.9. The van der Waals surface area contributed by atoms with E-state index in [0.29, 0.717) is 36.9 Å². The Morgan fingerprint density at radius 2 is 1.50 bits per heavy atom. The first-order valence-electron chi connectivity index (χ1n) is 27.4. The largest absolute Gasteiger partial charge is 0.444 e. The number of fused-ring (bicyclic) bond motifs is 2. The minimum atomic E-state index is -1.04. The molecule has 7 heterocycles. The van der Waals surface area contributed by atoms with Crippen molar-refractivity contribution in [2.45, 2.75) is 117 Å². The normalized spacial score (nSPS) is 21.4. The summed E-state index contributed by atoms with van der Waals surface area (Å²) in [6.07, 6.45) is 11.3. The van der Waals surface area contributed by atoms with Crippen LogP contribution in [0.15, 0.2) is 77.9 Å². The number of ketones is 1. The fraction of sp³-hybridized carbons (Fsp3) is 0.500. The lowest BCUT2D eigenvalue weighted by molar-refractivity contribution is -0.148. The average molecular weight is 1030 g/mol. The number of nitrogens with one attached hydrogen (secondary N) is 1. The smallest absolute Gasteiger partial charge is 0.413 e. The number of aliphatic hydroxyl groups is 1. The number of hydrogen-bond acceptors (Lipinski definition) is 11. The van der Waals surface area contributed by atoms with Crippen LogP contribution in [0.5, 0.6) is 0 Å². The quantitative estimate of drug-likeness (QED) is 0.106. The number of likely N-dealkylation sites (tertiary alicyclic amines) is 1. The number of ether oxygens (including phenoxy) is 1. The summed E-state index contributed by atoms with van der Waals surface area (Å²) in [7, 11) is 5.45. The Bertz CT molecular complexity index is 3210. The molecule has 4 aromatic heterocycles. The van der Waals surface area contributed by atoms with Gasteiger partial charge in [0.1, 0.15) is 23.3 Å². The van der Waals surface area contributed by atoms with Gasteiger partial charge in [-0.05, 0) is 167 Å². The maximum absolute atomic E-state index is 13.9. The van der Waals surface area contributed by atoms with Crippen molar-refractivity contribution in [2.24, 2.45) is 25.9 Å². The highest BCUT2D eigenvalue weighted by Crippen LogP contribution is 2.36. The van der Waals surface area contributed by atoms with Gasteiger partial charge in [-0.1, -0.05) is 12.1 Å². The number of carbonyl (C=O) groups excluding carboxylic acids is 3. The zero-order valence-corrected chi connectivity index (χ0v) is 45.8. The van der Waals surface area contributed by atoms with Crippen LogP contribution in [-0.2, 0) is 36.7 Å². The second-order valence-corrected chi connectivity index (χ2v) is 23.2. The first-order chi connectivity index (χ1) is 36.4. The maximum atomic E-state index is 13.9. The molecular formula is C60H76N10O6. The van der Waals surface area contributed by atoms with E-state index < -0.39 is 24.0 Å². The fourth-order valence-corrected chi connectivity index (χ4v) is 12.5. The topological polar surface area (TPSA) is 163 Å². The molecule has 0 bridgehead atoms. The lowest BCUT2D eigenvalue weighted by Crippen LogP contribution is -2.48. The van der Waals surface area contributed by atoms with Gasteiger partial charge in [-0.25, -0.2) is 19.6 Å². The number of nitrogens with zero attached hydrogens (tertiary/aromatic N) is 9. The van der Waals surface area contributed by atoms with Crippen molar-refractivity contribution in [1.82, 2.24) is 43.3 Å². The Morgan fingerprint density at radius 1 is 0.776 bits per heavy atom. The van der Waals surface area contributed by atoms with E-state index in [0.717, 1.165) is 122 Å². The zero-order valence-electron chi connectivity index (χ0n) is 45.8. The molecule has 2 amide bonds.